The molecule has 0 spiro atoms. The van der Waals surface area contributed by atoms with Crippen LogP contribution in [0.3, 0.4) is 0 Å². The molecule has 0 amide bonds. The fraction of sp³-hybridized carbons (Fsp3) is 1.00. The number of rotatable bonds is 10. The second-order valence-electron chi connectivity index (χ2n) is 13.3. The highest BCUT2D eigenvalue weighted by molar-refractivity contribution is 8.29. The molecule has 4 saturated carbocycles. The predicted octanol–water partition coefficient (Wildman–Crippen LogP) is 9.22. The van der Waals surface area contributed by atoms with Gasteiger partial charge in [-0.15, -0.1) is 10.3 Å². The molecule has 9 atom stereocenters. The van der Waals surface area contributed by atoms with Crippen molar-refractivity contribution in [3.05, 3.63) is 0 Å². The van der Waals surface area contributed by atoms with Gasteiger partial charge in [-0.2, -0.15) is 0 Å². The van der Waals surface area contributed by atoms with Gasteiger partial charge in [-0.25, -0.2) is 0 Å². The van der Waals surface area contributed by atoms with Crippen molar-refractivity contribution >= 4 is 10.3 Å². The zero-order valence-corrected chi connectivity index (χ0v) is 24.7. The molecule has 4 aliphatic carbocycles. The van der Waals surface area contributed by atoms with E-state index < -0.39 is 10.3 Å². The molecule has 200 valence electrons. The number of ether oxygens (including phenoxy) is 1. The van der Waals surface area contributed by atoms with Crippen LogP contribution in [0.25, 0.3) is 0 Å². The van der Waals surface area contributed by atoms with Crippen molar-refractivity contribution < 1.29 is 8.92 Å². The minimum Gasteiger partial charge on any atom is -0.355 e. The highest BCUT2D eigenvalue weighted by atomic mass is 32.3. The van der Waals surface area contributed by atoms with Gasteiger partial charge in [-0.3, -0.25) is 0 Å². The summed E-state index contributed by atoms with van der Waals surface area (Å²) in [4.78, 5) is 0. The van der Waals surface area contributed by atoms with E-state index in [1.165, 1.54) is 64.2 Å². The fourth-order valence-corrected chi connectivity index (χ4v) is 12.4. The van der Waals surface area contributed by atoms with Crippen LogP contribution in [0.4, 0.5) is 0 Å². The lowest BCUT2D eigenvalue weighted by Crippen LogP contribution is -2.53. The van der Waals surface area contributed by atoms with Crippen LogP contribution in [-0.4, -0.2) is 30.7 Å². The van der Waals surface area contributed by atoms with Gasteiger partial charge in [0.25, 0.3) is 0 Å². The Kier molecular flexibility index (Phi) is 8.79. The second kappa shape index (κ2) is 10.9. The van der Waals surface area contributed by atoms with E-state index in [1.807, 2.05) is 7.11 Å². The molecule has 2 nitrogen and oxygen atoms in total. The van der Waals surface area contributed by atoms with E-state index in [-0.39, 0.29) is 6.29 Å². The largest absolute Gasteiger partial charge is 0.355 e. The highest BCUT2D eigenvalue weighted by Gasteiger charge is 2.60. The molecule has 3 heteroatoms. The molecule has 4 fully saturated rings. The summed E-state index contributed by atoms with van der Waals surface area (Å²) in [5.41, 5.74) is 1.25. The Bertz CT molecular complexity index is 654. The third-order valence-electron chi connectivity index (χ3n) is 12.4. The lowest BCUT2D eigenvalue weighted by atomic mass is 9.44. The van der Waals surface area contributed by atoms with Crippen LogP contribution < -0.4 is 0 Å². The van der Waals surface area contributed by atoms with E-state index >= 15 is 0 Å². The predicted molar refractivity (Wildman–Crippen MR) is 149 cm³/mol. The average molecular weight is 495 g/mol. The Morgan fingerprint density at radius 1 is 0.794 bits per heavy atom. The van der Waals surface area contributed by atoms with Gasteiger partial charge in [0.1, 0.15) is 0 Å². The van der Waals surface area contributed by atoms with Crippen molar-refractivity contribution in [3.63, 3.8) is 0 Å². The lowest BCUT2D eigenvalue weighted by Gasteiger charge is -2.61. The fourth-order valence-electron chi connectivity index (χ4n) is 10.1. The molecule has 6 unspecified atom stereocenters. The molecule has 0 aliphatic heterocycles. The summed E-state index contributed by atoms with van der Waals surface area (Å²) in [6.45, 7) is 14.9. The molecule has 0 radical (unpaired) electrons. The van der Waals surface area contributed by atoms with Crippen molar-refractivity contribution in [1.82, 2.24) is 0 Å². The minimum atomic E-state index is -0.974. The van der Waals surface area contributed by atoms with Gasteiger partial charge in [0.2, 0.25) is 0 Å². The Morgan fingerprint density at radius 2 is 1.50 bits per heavy atom. The molecular weight excluding hydrogens is 436 g/mol. The maximum Gasteiger partial charge on any atom is 0.168 e. The number of hydrogen-bond acceptors (Lipinski definition) is 2. The zero-order chi connectivity index (χ0) is 24.6. The molecule has 0 aromatic rings. The first-order valence-corrected chi connectivity index (χ1v) is 17.3. The van der Waals surface area contributed by atoms with E-state index in [0.717, 1.165) is 59.2 Å². The third kappa shape index (κ3) is 4.78. The van der Waals surface area contributed by atoms with Gasteiger partial charge in [0, 0.05) is 7.11 Å². The van der Waals surface area contributed by atoms with Crippen molar-refractivity contribution in [3.8, 4) is 0 Å². The number of fused-ring (bicyclic) bond motifs is 5. The number of hydrogen-bond donors (Lipinski definition) is 0. The quantitative estimate of drug-likeness (QED) is 0.282. The van der Waals surface area contributed by atoms with Gasteiger partial charge in [-0.05, 0) is 128 Å². The summed E-state index contributed by atoms with van der Waals surface area (Å²) in [6, 6.07) is 0. The smallest absolute Gasteiger partial charge is 0.168 e. The third-order valence-corrected chi connectivity index (χ3v) is 16.1. The molecule has 0 bridgehead atoms. The van der Waals surface area contributed by atoms with Crippen LogP contribution >= 0.6 is 10.3 Å². The summed E-state index contributed by atoms with van der Waals surface area (Å²) < 4.78 is 12.6. The molecule has 4 aliphatic rings. The monoisotopic (exact) mass is 494 g/mol. The minimum absolute atomic E-state index is 0.0143. The molecule has 0 aromatic carbocycles. The first kappa shape index (κ1) is 27.3. The van der Waals surface area contributed by atoms with Crippen molar-refractivity contribution in [2.24, 2.45) is 46.3 Å². The Balaban J connectivity index is 1.39. The Labute approximate surface area is 214 Å². The highest BCUT2D eigenvalue weighted by Crippen LogP contribution is 2.68. The van der Waals surface area contributed by atoms with Crippen molar-refractivity contribution in [2.75, 3.05) is 24.4 Å². The van der Waals surface area contributed by atoms with Crippen LogP contribution in [0, 0.1) is 46.3 Å². The molecule has 4 rings (SSSR count). The first-order valence-electron chi connectivity index (χ1n) is 15.2. The number of methoxy groups -OCH3 is 1. The van der Waals surface area contributed by atoms with Crippen LogP contribution in [0.1, 0.15) is 119 Å². The Morgan fingerprint density at radius 3 is 2.18 bits per heavy atom. The topological polar surface area (TPSA) is 18.5 Å². The summed E-state index contributed by atoms with van der Waals surface area (Å²) in [5, 5.41) is 0. The molecule has 0 saturated heterocycles. The molecular formula is C31H58O2S. The normalized spacial score (nSPS) is 42.4. The maximum atomic E-state index is 6.67. The van der Waals surface area contributed by atoms with Crippen molar-refractivity contribution in [1.29, 1.82) is 0 Å². The maximum absolute atomic E-state index is 6.67. The van der Waals surface area contributed by atoms with Gasteiger partial charge in [-0.1, -0.05) is 54.4 Å². The summed E-state index contributed by atoms with van der Waals surface area (Å²) in [5.74, 6) is 9.21. The first-order chi connectivity index (χ1) is 16.3. The zero-order valence-electron chi connectivity index (χ0n) is 23.9. The summed E-state index contributed by atoms with van der Waals surface area (Å²) >= 11 is 0. The Hall–Kier alpha value is 0.270. The van der Waals surface area contributed by atoms with Crippen molar-refractivity contribution in [2.45, 2.75) is 125 Å². The van der Waals surface area contributed by atoms with Gasteiger partial charge in [0.05, 0.1) is 0 Å². The van der Waals surface area contributed by atoms with E-state index in [1.54, 1.807) is 6.42 Å². The van der Waals surface area contributed by atoms with E-state index in [4.69, 9.17) is 8.92 Å². The standard InChI is InChI=1S/C31H58O2S/c1-8-34(9-2,10-3)33-29(32-7)19-14-23(4)26-17-18-27-25-16-15-24-13-11-12-21-30(24,5)28(25)20-22-31(26,27)6/h23-29H,8-22H2,1-7H3/t23-,24?,25?,26?,27?,28?,29?,30+,31-/m1/s1. The van der Waals surface area contributed by atoms with Gasteiger partial charge < -0.3 is 8.92 Å². The SMILES string of the molecule is CCS(CC)(CC)OC(CC[C@@H](C)C1CCC2C3CCC4CCCC[C@]4(C)C3CC[C@@]21C)OC. The summed E-state index contributed by atoms with van der Waals surface area (Å²) in [6.07, 6.45) is 17.4. The van der Waals surface area contributed by atoms with E-state index in [0.29, 0.717) is 10.8 Å². The molecule has 0 aromatic heterocycles. The van der Waals surface area contributed by atoms with E-state index in [2.05, 4.69) is 41.5 Å². The van der Waals surface area contributed by atoms with Crippen LogP contribution in [-0.2, 0) is 8.92 Å². The van der Waals surface area contributed by atoms with E-state index in [9.17, 15) is 0 Å². The average Bonchev–Trinajstić information content (AvgIpc) is 3.21. The molecule has 0 N–H and O–H groups in total. The second-order valence-corrected chi connectivity index (χ2v) is 17.1. The van der Waals surface area contributed by atoms with Gasteiger partial charge >= 0.3 is 0 Å². The van der Waals surface area contributed by atoms with Crippen LogP contribution in [0.2, 0.25) is 0 Å². The van der Waals surface area contributed by atoms with Crippen LogP contribution in [0.5, 0.6) is 0 Å². The van der Waals surface area contributed by atoms with Gasteiger partial charge in [0.15, 0.2) is 6.29 Å². The van der Waals surface area contributed by atoms with Crippen LogP contribution in [0.15, 0.2) is 0 Å². The molecule has 34 heavy (non-hydrogen) atoms. The summed E-state index contributed by atoms with van der Waals surface area (Å²) in [7, 11) is 0.884. The molecule has 0 heterocycles. The lowest BCUT2D eigenvalue weighted by molar-refractivity contribution is -0.115.